The molecule has 0 spiro atoms. The van der Waals surface area contributed by atoms with Gasteiger partial charge in [0.1, 0.15) is 11.6 Å². The number of hydrogen-bond donors (Lipinski definition) is 7. The lowest BCUT2D eigenvalue weighted by Gasteiger charge is -2.24. The van der Waals surface area contributed by atoms with Crippen molar-refractivity contribution >= 4 is 52.2 Å². The van der Waals surface area contributed by atoms with Crippen molar-refractivity contribution in [2.45, 2.75) is 29.3 Å². The van der Waals surface area contributed by atoms with Gasteiger partial charge >= 0.3 is 23.5 Å². The molecule has 3 unspecified atom stereocenters. The summed E-state index contributed by atoms with van der Waals surface area (Å²) >= 11 is 1.24. The first-order valence-electron chi connectivity index (χ1n) is 9.30. The van der Waals surface area contributed by atoms with E-state index in [1.807, 2.05) is 0 Å². The molecule has 21 heteroatoms. The summed E-state index contributed by atoms with van der Waals surface area (Å²) in [5.74, 6) is -1.30. The maximum atomic E-state index is 12.0. The molecular weight excluding hydrogens is 543 g/mol. The molecule has 4 rings (SSSR count). The Morgan fingerprint density at radius 2 is 1.85 bits per heavy atom. The molecule has 2 aliphatic carbocycles. The fraction of sp³-hybridized carbons (Fsp3) is 0.615. The molecule has 0 amide bonds. The van der Waals surface area contributed by atoms with Gasteiger partial charge < -0.3 is 40.1 Å². The first-order valence-corrected chi connectivity index (χ1v) is 15.0. The Hall–Kier alpha value is -0.970. The highest BCUT2D eigenvalue weighted by Crippen LogP contribution is 2.68. The summed E-state index contributed by atoms with van der Waals surface area (Å²) in [6, 6.07) is 0. The highest BCUT2D eigenvalue weighted by molar-refractivity contribution is 7.98. The molecule has 0 aromatic carbocycles. The van der Waals surface area contributed by atoms with Crippen LogP contribution in [0.15, 0.2) is 11.5 Å². The van der Waals surface area contributed by atoms with Crippen LogP contribution in [-0.2, 0) is 32.4 Å². The molecule has 2 heterocycles. The molecule has 2 fully saturated rings. The number of thioether (sulfide) groups is 1. The molecule has 17 nitrogen and oxygen atoms in total. The van der Waals surface area contributed by atoms with Gasteiger partial charge in [0.15, 0.2) is 16.6 Å². The zero-order valence-electron chi connectivity index (χ0n) is 17.0. The number of aromatic nitrogens is 4. The first kappa shape index (κ1) is 26.1. The number of imidazole rings is 1. The molecule has 190 valence electrons. The summed E-state index contributed by atoms with van der Waals surface area (Å²) in [6.07, 6.45) is 0.633. The summed E-state index contributed by atoms with van der Waals surface area (Å²) in [6.45, 7) is -0.714. The number of hydrogen-bond acceptors (Lipinski definition) is 13. The second kappa shape index (κ2) is 8.56. The molecule has 34 heavy (non-hydrogen) atoms. The van der Waals surface area contributed by atoms with Gasteiger partial charge in [0.05, 0.1) is 24.6 Å². The second-order valence-electron chi connectivity index (χ2n) is 7.67. The molecule has 8 N–H and O–H groups in total. The summed E-state index contributed by atoms with van der Waals surface area (Å²) in [4.78, 5) is 48.8. The van der Waals surface area contributed by atoms with Crippen LogP contribution in [0.25, 0.3) is 11.2 Å². The van der Waals surface area contributed by atoms with Gasteiger partial charge in [-0.3, -0.25) is 4.52 Å². The van der Waals surface area contributed by atoms with Crippen LogP contribution in [0.5, 0.6) is 0 Å². The Morgan fingerprint density at radius 3 is 2.47 bits per heavy atom. The van der Waals surface area contributed by atoms with Gasteiger partial charge in [-0.25, -0.2) is 28.6 Å². The van der Waals surface area contributed by atoms with Gasteiger partial charge in [-0.1, -0.05) is 11.8 Å². The van der Waals surface area contributed by atoms with Crippen LogP contribution in [0, 0.1) is 11.8 Å². The second-order valence-corrected chi connectivity index (χ2v) is 12.9. The molecule has 0 aliphatic heterocycles. The van der Waals surface area contributed by atoms with Gasteiger partial charge in [0.2, 0.25) is 0 Å². The zero-order valence-corrected chi connectivity index (χ0v) is 20.5. The lowest BCUT2D eigenvalue weighted by atomic mass is 10.0. The Balaban J connectivity index is 1.53. The third-order valence-electron chi connectivity index (χ3n) is 5.70. The number of aliphatic hydroxyl groups is 2. The van der Waals surface area contributed by atoms with Crippen molar-refractivity contribution in [1.29, 1.82) is 0 Å². The fourth-order valence-electron chi connectivity index (χ4n) is 4.34. The van der Waals surface area contributed by atoms with E-state index in [1.54, 1.807) is 10.8 Å². The minimum absolute atomic E-state index is 0.124. The Bertz CT molecular complexity index is 1270. The number of rotatable bonds is 9. The Labute approximate surface area is 194 Å². The third-order valence-corrected chi connectivity index (χ3v) is 10.1. The monoisotopic (exact) mass is 563 g/mol. The van der Waals surface area contributed by atoms with Crippen molar-refractivity contribution in [3.05, 3.63) is 6.33 Å². The summed E-state index contributed by atoms with van der Waals surface area (Å²) in [5.41, 5.74) is 5.46. The maximum Gasteiger partial charge on any atom is 0.490 e. The van der Waals surface area contributed by atoms with Gasteiger partial charge in [0, 0.05) is 5.92 Å². The van der Waals surface area contributed by atoms with Crippen LogP contribution >= 0.6 is 35.2 Å². The highest BCUT2D eigenvalue weighted by Gasteiger charge is 2.72. The molecule has 2 aromatic heterocycles. The van der Waals surface area contributed by atoms with Crippen LogP contribution in [0.3, 0.4) is 0 Å². The molecule has 7 atom stereocenters. The molecule has 2 aromatic rings. The average molecular weight is 563 g/mol. The number of phosphoric acid groups is 3. The number of aliphatic hydroxyl groups excluding tert-OH is 2. The van der Waals surface area contributed by atoms with Crippen molar-refractivity contribution in [3.8, 4) is 0 Å². The summed E-state index contributed by atoms with van der Waals surface area (Å²) in [5, 5.41) is 21.7. The lowest BCUT2D eigenvalue weighted by molar-refractivity contribution is -0.0269. The number of nitrogen functional groups attached to an aromatic ring is 1. The van der Waals surface area contributed by atoms with Crippen LogP contribution in [0.1, 0.15) is 6.42 Å². The normalized spacial score (nSPS) is 32.3. The standard InChI is InChI=1S/C13H20N5O12P3S/c1-34-12-16-10(14)7-11(17-12)18(4-15-7)13-2-6(13)5(8(19)9(13)20)3-28-32(24,25)30-33(26,27)29-31(21,22)23/h4-6,8-9,19-20H,2-3H2,1H3,(H,24,25)(H,26,27)(H2,14,16,17)(H2,21,22,23)/t5-,6-,8+,9+,13?/m0/s1. The number of fused-ring (bicyclic) bond motifs is 2. The van der Waals surface area contributed by atoms with Gasteiger partial charge in [-0.15, -0.1) is 0 Å². The van der Waals surface area contributed by atoms with Crippen LogP contribution in [-0.4, -0.2) is 74.4 Å². The van der Waals surface area contributed by atoms with E-state index in [9.17, 15) is 33.7 Å². The topological polar surface area (TPSA) is 270 Å². The van der Waals surface area contributed by atoms with E-state index in [1.165, 1.54) is 18.1 Å². The zero-order chi connectivity index (χ0) is 25.3. The van der Waals surface area contributed by atoms with E-state index in [-0.39, 0.29) is 11.3 Å². The Kier molecular flexibility index (Phi) is 6.57. The molecule has 0 radical (unpaired) electrons. The van der Waals surface area contributed by atoms with Crippen molar-refractivity contribution in [1.82, 2.24) is 19.5 Å². The number of nitrogens with zero attached hydrogens (tertiary/aromatic N) is 4. The van der Waals surface area contributed by atoms with E-state index < -0.39 is 59.7 Å². The van der Waals surface area contributed by atoms with E-state index in [0.717, 1.165) is 0 Å². The van der Waals surface area contributed by atoms with E-state index >= 15 is 0 Å². The van der Waals surface area contributed by atoms with Crippen molar-refractivity contribution in [2.24, 2.45) is 11.8 Å². The largest absolute Gasteiger partial charge is 0.490 e. The molecular formula is C13H20N5O12P3S. The summed E-state index contributed by atoms with van der Waals surface area (Å²) in [7, 11) is -16.6. The van der Waals surface area contributed by atoms with E-state index in [4.69, 9.17) is 15.5 Å². The van der Waals surface area contributed by atoms with Crippen molar-refractivity contribution in [2.75, 3.05) is 18.6 Å². The highest BCUT2D eigenvalue weighted by atomic mass is 32.2. The van der Waals surface area contributed by atoms with E-state index in [0.29, 0.717) is 17.2 Å². The fourth-order valence-corrected chi connectivity index (χ4v) is 7.76. The van der Waals surface area contributed by atoms with Crippen LogP contribution in [0.4, 0.5) is 5.82 Å². The van der Waals surface area contributed by atoms with Crippen LogP contribution in [0.2, 0.25) is 0 Å². The minimum atomic E-state index is -5.68. The quantitative estimate of drug-likeness (QED) is 0.115. The van der Waals surface area contributed by atoms with Crippen LogP contribution < -0.4 is 5.73 Å². The van der Waals surface area contributed by atoms with E-state index in [2.05, 4.69) is 28.1 Å². The molecule has 0 bridgehead atoms. The van der Waals surface area contributed by atoms with Gasteiger partial charge in [-0.05, 0) is 18.6 Å². The maximum absolute atomic E-state index is 12.0. The summed E-state index contributed by atoms with van der Waals surface area (Å²) < 4.78 is 47.8. The van der Waals surface area contributed by atoms with Crippen molar-refractivity contribution < 1.29 is 56.6 Å². The predicted octanol–water partition coefficient (Wildman–Crippen LogP) is -0.460. The first-order chi connectivity index (χ1) is 15.6. The smallest absolute Gasteiger partial charge is 0.390 e. The molecule has 2 saturated carbocycles. The number of phosphoric ester groups is 1. The number of nitrogens with two attached hydrogens (primary N) is 1. The third kappa shape index (κ3) is 4.72. The SMILES string of the molecule is CSc1nc(N)c2ncn(C34C[C@H]3[C@H](COP(=O)(O)OP(=O)(O)OP(=O)(O)O)[C@@H](O)[C@H]4O)c2n1. The number of anilines is 1. The Morgan fingerprint density at radius 1 is 1.18 bits per heavy atom. The van der Waals surface area contributed by atoms with Crippen molar-refractivity contribution in [3.63, 3.8) is 0 Å². The van der Waals surface area contributed by atoms with Gasteiger partial charge in [0.25, 0.3) is 0 Å². The predicted molar refractivity (Wildman–Crippen MR) is 113 cm³/mol. The average Bonchev–Trinajstić information content (AvgIpc) is 3.18. The lowest BCUT2D eigenvalue weighted by Crippen LogP contribution is -2.39. The minimum Gasteiger partial charge on any atom is -0.390 e. The molecule has 0 saturated heterocycles. The van der Waals surface area contributed by atoms with Gasteiger partial charge in [-0.2, -0.15) is 8.62 Å². The molecule has 2 aliphatic rings.